The van der Waals surface area contributed by atoms with Gasteiger partial charge in [-0.25, -0.2) is 4.98 Å². The van der Waals surface area contributed by atoms with Crippen molar-refractivity contribution in [1.29, 1.82) is 0 Å². The van der Waals surface area contributed by atoms with Crippen molar-refractivity contribution in [3.8, 4) is 5.75 Å². The summed E-state index contributed by atoms with van der Waals surface area (Å²) in [5, 5.41) is 5.82. The minimum atomic E-state index is 0.0729. The minimum Gasteiger partial charge on any atom is -0.489 e. The van der Waals surface area contributed by atoms with Crippen molar-refractivity contribution in [3.05, 3.63) is 46.4 Å². The largest absolute Gasteiger partial charge is 0.489 e. The van der Waals surface area contributed by atoms with E-state index in [0.717, 1.165) is 43.2 Å². The van der Waals surface area contributed by atoms with Crippen molar-refractivity contribution >= 4 is 17.2 Å². The Morgan fingerprint density at radius 1 is 1.42 bits per heavy atom. The number of para-hydroxylation sites is 1. The molecule has 3 rings (SSSR count). The number of nitrogens with zero attached hydrogens (tertiary/aromatic N) is 2. The molecule has 0 bridgehead atoms. The van der Waals surface area contributed by atoms with Crippen LogP contribution in [0.25, 0.3) is 0 Å². The molecule has 1 N–H and O–H groups in total. The van der Waals surface area contributed by atoms with E-state index in [1.54, 1.807) is 17.5 Å². The number of carbonyl (C=O) groups is 1. The van der Waals surface area contributed by atoms with E-state index >= 15 is 0 Å². The third-order valence-electron chi connectivity index (χ3n) is 4.58. The van der Waals surface area contributed by atoms with Gasteiger partial charge in [-0.05, 0) is 18.9 Å². The highest BCUT2D eigenvalue weighted by atomic mass is 32.1. The molecule has 1 atom stereocenters. The van der Waals surface area contributed by atoms with Crippen LogP contribution in [0.3, 0.4) is 0 Å². The standard InChI is InChI=1S/C20H27N3O2S/c1-2-3-7-17-15-23(14-16-6-4-5-8-18(16)25-17)11-9-19(24)22-13-20-21-10-12-26-20/h4-6,8,10,12,17H,2-3,7,9,11,13-15H2,1H3,(H,22,24)/t17-/m0/s1. The van der Waals surface area contributed by atoms with Crippen molar-refractivity contribution in [2.75, 3.05) is 13.1 Å². The number of carbonyl (C=O) groups excluding carboxylic acids is 1. The van der Waals surface area contributed by atoms with Crippen LogP contribution in [0.5, 0.6) is 5.75 Å². The third kappa shape index (κ3) is 5.54. The van der Waals surface area contributed by atoms with Gasteiger partial charge < -0.3 is 10.1 Å². The molecule has 0 radical (unpaired) electrons. The molecule has 0 saturated heterocycles. The molecule has 0 aliphatic carbocycles. The van der Waals surface area contributed by atoms with E-state index in [1.165, 1.54) is 12.0 Å². The zero-order chi connectivity index (χ0) is 18.2. The van der Waals surface area contributed by atoms with E-state index in [-0.39, 0.29) is 12.0 Å². The van der Waals surface area contributed by atoms with Gasteiger partial charge in [0.15, 0.2) is 0 Å². The molecule has 2 heterocycles. The van der Waals surface area contributed by atoms with E-state index in [2.05, 4.69) is 34.3 Å². The molecule has 1 amide bonds. The molecule has 1 aliphatic rings. The second kappa shape index (κ2) is 9.69. The first-order valence-corrected chi connectivity index (χ1v) is 10.2. The number of amides is 1. The van der Waals surface area contributed by atoms with Crippen LogP contribution in [0, 0.1) is 0 Å². The molecule has 0 spiro atoms. The van der Waals surface area contributed by atoms with Crippen LogP contribution >= 0.6 is 11.3 Å². The van der Waals surface area contributed by atoms with Crippen molar-refractivity contribution in [3.63, 3.8) is 0 Å². The van der Waals surface area contributed by atoms with Crippen LogP contribution in [0.15, 0.2) is 35.8 Å². The predicted octanol–water partition coefficient (Wildman–Crippen LogP) is 3.60. The SMILES string of the molecule is CCCC[C@H]1CN(CCC(=O)NCc2nccs2)Cc2ccccc2O1. The smallest absolute Gasteiger partial charge is 0.221 e. The molecular formula is C20H27N3O2S. The van der Waals surface area contributed by atoms with Gasteiger partial charge in [0.05, 0.1) is 6.54 Å². The summed E-state index contributed by atoms with van der Waals surface area (Å²) >= 11 is 1.56. The molecule has 1 aromatic heterocycles. The summed E-state index contributed by atoms with van der Waals surface area (Å²) in [6, 6.07) is 8.25. The zero-order valence-corrected chi connectivity index (χ0v) is 16.1. The number of thiazole rings is 1. The van der Waals surface area contributed by atoms with Gasteiger partial charge in [0.1, 0.15) is 16.9 Å². The molecule has 0 saturated carbocycles. The fraction of sp³-hybridized carbons (Fsp3) is 0.500. The maximum atomic E-state index is 12.2. The third-order valence-corrected chi connectivity index (χ3v) is 5.36. The van der Waals surface area contributed by atoms with Crippen molar-refractivity contribution in [1.82, 2.24) is 15.2 Å². The van der Waals surface area contributed by atoms with E-state index in [1.807, 2.05) is 17.5 Å². The summed E-state index contributed by atoms with van der Waals surface area (Å²) in [5.74, 6) is 1.06. The van der Waals surface area contributed by atoms with Gasteiger partial charge in [0.25, 0.3) is 0 Å². The van der Waals surface area contributed by atoms with Crippen LogP contribution in [0.4, 0.5) is 0 Å². The Morgan fingerprint density at radius 3 is 3.12 bits per heavy atom. The number of fused-ring (bicyclic) bond motifs is 1. The summed E-state index contributed by atoms with van der Waals surface area (Å²) in [7, 11) is 0. The van der Waals surface area contributed by atoms with Crippen molar-refractivity contribution in [2.45, 2.75) is 51.8 Å². The zero-order valence-electron chi connectivity index (χ0n) is 15.3. The first-order chi connectivity index (χ1) is 12.7. The molecule has 1 aliphatic heterocycles. The highest BCUT2D eigenvalue weighted by molar-refractivity contribution is 7.09. The van der Waals surface area contributed by atoms with Gasteiger partial charge in [-0.3, -0.25) is 9.69 Å². The summed E-state index contributed by atoms with van der Waals surface area (Å²) < 4.78 is 6.24. The number of rotatable bonds is 8. The Hall–Kier alpha value is -1.92. The summed E-state index contributed by atoms with van der Waals surface area (Å²) in [5.41, 5.74) is 1.20. The van der Waals surface area contributed by atoms with E-state index in [0.29, 0.717) is 13.0 Å². The lowest BCUT2D eigenvalue weighted by Crippen LogP contribution is -2.35. The number of nitrogens with one attached hydrogen (secondary N) is 1. The van der Waals surface area contributed by atoms with Crippen LogP contribution in [-0.4, -0.2) is 35.0 Å². The maximum absolute atomic E-state index is 12.2. The number of benzene rings is 1. The Morgan fingerprint density at radius 2 is 2.31 bits per heavy atom. The van der Waals surface area contributed by atoms with Gasteiger partial charge >= 0.3 is 0 Å². The monoisotopic (exact) mass is 373 g/mol. The number of aromatic nitrogens is 1. The fourth-order valence-electron chi connectivity index (χ4n) is 3.17. The number of hydrogen-bond acceptors (Lipinski definition) is 5. The molecule has 0 fully saturated rings. The van der Waals surface area contributed by atoms with E-state index in [4.69, 9.17) is 4.74 Å². The first kappa shape index (κ1) is 18.9. The maximum Gasteiger partial charge on any atom is 0.221 e. The Labute approximate surface area is 159 Å². The molecule has 0 unspecified atom stereocenters. The lowest BCUT2D eigenvalue weighted by Gasteiger charge is -2.23. The quantitative estimate of drug-likeness (QED) is 0.768. The molecule has 140 valence electrons. The minimum absolute atomic E-state index is 0.0729. The molecular weight excluding hydrogens is 346 g/mol. The normalized spacial score (nSPS) is 17.2. The summed E-state index contributed by atoms with van der Waals surface area (Å²) in [6.45, 7) is 5.16. The van der Waals surface area contributed by atoms with Gasteiger partial charge in [0, 0.05) is 43.2 Å². The van der Waals surface area contributed by atoms with Crippen molar-refractivity contribution < 1.29 is 9.53 Å². The highest BCUT2D eigenvalue weighted by Gasteiger charge is 2.22. The lowest BCUT2D eigenvalue weighted by atomic mass is 10.1. The van der Waals surface area contributed by atoms with Crippen LogP contribution in [0.2, 0.25) is 0 Å². The van der Waals surface area contributed by atoms with E-state index in [9.17, 15) is 4.79 Å². The second-order valence-corrected chi connectivity index (χ2v) is 7.66. The van der Waals surface area contributed by atoms with Crippen LogP contribution < -0.4 is 10.1 Å². The Bertz CT molecular complexity index is 690. The topological polar surface area (TPSA) is 54.5 Å². The average Bonchev–Trinajstić information content (AvgIpc) is 3.10. The number of ether oxygens (including phenoxy) is 1. The number of hydrogen-bond donors (Lipinski definition) is 1. The molecule has 5 nitrogen and oxygen atoms in total. The van der Waals surface area contributed by atoms with Gasteiger partial charge in [-0.2, -0.15) is 0 Å². The molecule has 2 aromatic rings. The van der Waals surface area contributed by atoms with Gasteiger partial charge in [0.2, 0.25) is 5.91 Å². The molecule has 1 aromatic carbocycles. The molecule has 6 heteroatoms. The Balaban J connectivity index is 1.54. The number of unbranched alkanes of at least 4 members (excludes halogenated alkanes) is 1. The highest BCUT2D eigenvalue weighted by Crippen LogP contribution is 2.26. The second-order valence-electron chi connectivity index (χ2n) is 6.68. The van der Waals surface area contributed by atoms with Gasteiger partial charge in [-0.1, -0.05) is 31.5 Å². The summed E-state index contributed by atoms with van der Waals surface area (Å²) in [6.07, 6.45) is 5.83. The van der Waals surface area contributed by atoms with E-state index < -0.39 is 0 Å². The average molecular weight is 374 g/mol. The Kier molecular flexibility index (Phi) is 7.03. The molecule has 26 heavy (non-hydrogen) atoms. The predicted molar refractivity (Wildman–Crippen MR) is 104 cm³/mol. The van der Waals surface area contributed by atoms with Crippen molar-refractivity contribution in [2.24, 2.45) is 0 Å². The fourth-order valence-corrected chi connectivity index (χ4v) is 3.73. The van der Waals surface area contributed by atoms with Gasteiger partial charge in [-0.15, -0.1) is 11.3 Å². The summed E-state index contributed by atoms with van der Waals surface area (Å²) in [4.78, 5) is 18.7. The van der Waals surface area contributed by atoms with Crippen LogP contribution in [0.1, 0.15) is 43.2 Å². The lowest BCUT2D eigenvalue weighted by molar-refractivity contribution is -0.121. The first-order valence-electron chi connectivity index (χ1n) is 9.36. The van der Waals surface area contributed by atoms with Crippen LogP contribution in [-0.2, 0) is 17.9 Å².